The van der Waals surface area contributed by atoms with Crippen molar-refractivity contribution >= 4 is 0 Å². The van der Waals surface area contributed by atoms with Crippen LogP contribution in [0.1, 0.15) is 0 Å². The molecule has 0 aliphatic carbocycles. The van der Waals surface area contributed by atoms with Crippen LogP contribution in [0.4, 0.5) is 0 Å². The van der Waals surface area contributed by atoms with Crippen molar-refractivity contribution in [1.29, 1.82) is 0 Å². The van der Waals surface area contributed by atoms with E-state index in [-0.39, 0.29) is 0 Å². The molecule has 0 atom stereocenters. The van der Waals surface area contributed by atoms with E-state index in [4.69, 9.17) is 4.74 Å². The Kier molecular flexibility index (Phi) is 3.09. The van der Waals surface area contributed by atoms with Crippen molar-refractivity contribution in [1.82, 2.24) is 14.5 Å². The topological polar surface area (TPSA) is 39.9 Å². The molecule has 2 aromatic heterocycles. The molecule has 0 amide bonds. The number of aromatic nitrogens is 3. The Morgan fingerprint density at radius 3 is 2.93 bits per heavy atom. The highest BCUT2D eigenvalue weighted by Crippen LogP contribution is 2.13. The fraction of sp³-hybridized carbons (Fsp3) is 0.273. The molecule has 2 heterocycles. The van der Waals surface area contributed by atoms with E-state index in [9.17, 15) is 0 Å². The van der Waals surface area contributed by atoms with Gasteiger partial charge < -0.3 is 9.30 Å². The van der Waals surface area contributed by atoms with Gasteiger partial charge in [0.1, 0.15) is 5.69 Å². The first kappa shape index (κ1) is 9.86. The third-order valence-corrected chi connectivity index (χ3v) is 2.15. The predicted octanol–water partition coefficient (Wildman–Crippen LogP) is 1.59. The maximum absolute atomic E-state index is 5.04. The summed E-state index contributed by atoms with van der Waals surface area (Å²) in [5, 5.41) is 0. The molecule has 0 aliphatic heterocycles. The lowest BCUT2D eigenvalue weighted by Crippen LogP contribution is -2.05. The molecule has 0 aliphatic rings. The molecule has 0 spiro atoms. The molecule has 78 valence electrons. The highest BCUT2D eigenvalue weighted by atomic mass is 16.5. The lowest BCUT2D eigenvalue weighted by Gasteiger charge is -2.05. The Labute approximate surface area is 88.6 Å². The molecule has 4 nitrogen and oxygen atoms in total. The van der Waals surface area contributed by atoms with Crippen LogP contribution in [0.3, 0.4) is 0 Å². The van der Waals surface area contributed by atoms with Gasteiger partial charge in [-0.25, -0.2) is 4.98 Å². The average molecular weight is 203 g/mol. The fourth-order valence-electron chi connectivity index (χ4n) is 1.41. The minimum Gasteiger partial charge on any atom is -0.383 e. The van der Waals surface area contributed by atoms with Crippen molar-refractivity contribution in [3.05, 3.63) is 36.8 Å². The zero-order chi connectivity index (χ0) is 10.5. The van der Waals surface area contributed by atoms with Crippen LogP contribution in [-0.4, -0.2) is 28.3 Å². The van der Waals surface area contributed by atoms with Gasteiger partial charge in [-0.1, -0.05) is 6.07 Å². The minimum absolute atomic E-state index is 0.677. The average Bonchev–Trinajstić information content (AvgIpc) is 2.75. The summed E-state index contributed by atoms with van der Waals surface area (Å²) < 4.78 is 7.07. The number of nitrogens with zero attached hydrogens (tertiary/aromatic N) is 3. The highest BCUT2D eigenvalue weighted by molar-refractivity contribution is 5.48. The summed E-state index contributed by atoms with van der Waals surface area (Å²) in [6, 6.07) is 5.80. The van der Waals surface area contributed by atoms with Gasteiger partial charge in [-0.05, 0) is 12.1 Å². The first-order valence-electron chi connectivity index (χ1n) is 4.83. The van der Waals surface area contributed by atoms with Crippen LogP contribution in [0.5, 0.6) is 0 Å². The van der Waals surface area contributed by atoms with E-state index in [0.717, 1.165) is 18.1 Å². The van der Waals surface area contributed by atoms with Gasteiger partial charge >= 0.3 is 0 Å². The van der Waals surface area contributed by atoms with E-state index in [1.54, 1.807) is 19.5 Å². The van der Waals surface area contributed by atoms with Gasteiger partial charge in [0.15, 0.2) is 5.82 Å². The monoisotopic (exact) mass is 203 g/mol. The van der Waals surface area contributed by atoms with E-state index in [1.165, 1.54) is 0 Å². The van der Waals surface area contributed by atoms with E-state index >= 15 is 0 Å². The SMILES string of the molecule is COCCn1ccnc1-c1ccccn1. The van der Waals surface area contributed by atoms with Gasteiger partial charge in [0.25, 0.3) is 0 Å². The number of hydrogen-bond acceptors (Lipinski definition) is 3. The molecule has 0 unspecified atom stereocenters. The molecular formula is C11H13N3O. The van der Waals surface area contributed by atoms with E-state index in [2.05, 4.69) is 9.97 Å². The Morgan fingerprint density at radius 1 is 1.27 bits per heavy atom. The molecule has 0 saturated carbocycles. The summed E-state index contributed by atoms with van der Waals surface area (Å²) in [6.45, 7) is 1.47. The quantitative estimate of drug-likeness (QED) is 0.757. The molecule has 0 radical (unpaired) electrons. The molecular weight excluding hydrogens is 190 g/mol. The number of rotatable bonds is 4. The predicted molar refractivity (Wildman–Crippen MR) is 57.3 cm³/mol. The van der Waals surface area contributed by atoms with Crippen LogP contribution in [0.2, 0.25) is 0 Å². The largest absolute Gasteiger partial charge is 0.383 e. The molecule has 2 aromatic rings. The highest BCUT2D eigenvalue weighted by Gasteiger charge is 2.05. The van der Waals surface area contributed by atoms with Crippen molar-refractivity contribution in [3.8, 4) is 11.5 Å². The molecule has 0 saturated heterocycles. The van der Waals surface area contributed by atoms with E-state index in [0.29, 0.717) is 6.61 Å². The minimum atomic E-state index is 0.677. The number of pyridine rings is 1. The molecule has 0 fully saturated rings. The standard InChI is InChI=1S/C11H13N3O/c1-15-9-8-14-7-6-13-11(14)10-4-2-3-5-12-10/h2-7H,8-9H2,1H3. The summed E-state index contributed by atoms with van der Waals surface area (Å²) in [4.78, 5) is 8.55. The molecule has 15 heavy (non-hydrogen) atoms. The zero-order valence-electron chi connectivity index (χ0n) is 8.63. The van der Waals surface area contributed by atoms with Crippen molar-refractivity contribution in [2.45, 2.75) is 6.54 Å². The number of hydrogen-bond donors (Lipinski definition) is 0. The van der Waals surface area contributed by atoms with Gasteiger partial charge in [0.2, 0.25) is 0 Å². The third kappa shape index (κ3) is 2.22. The normalized spacial score (nSPS) is 10.5. The summed E-state index contributed by atoms with van der Waals surface area (Å²) in [5.41, 5.74) is 0.888. The van der Waals surface area contributed by atoms with Crippen molar-refractivity contribution in [2.75, 3.05) is 13.7 Å². The number of imidazole rings is 1. The second kappa shape index (κ2) is 4.70. The first-order valence-corrected chi connectivity index (χ1v) is 4.83. The van der Waals surface area contributed by atoms with Crippen molar-refractivity contribution in [3.63, 3.8) is 0 Å². The maximum Gasteiger partial charge on any atom is 0.158 e. The van der Waals surface area contributed by atoms with E-state index in [1.807, 2.05) is 29.0 Å². The fourth-order valence-corrected chi connectivity index (χ4v) is 1.41. The van der Waals surface area contributed by atoms with E-state index < -0.39 is 0 Å². The van der Waals surface area contributed by atoms with Gasteiger partial charge in [-0.2, -0.15) is 0 Å². The van der Waals surface area contributed by atoms with Gasteiger partial charge in [-0.3, -0.25) is 4.98 Å². The van der Waals surface area contributed by atoms with Crippen LogP contribution in [0, 0.1) is 0 Å². The maximum atomic E-state index is 5.04. The number of methoxy groups -OCH3 is 1. The first-order chi connectivity index (χ1) is 7.42. The van der Waals surface area contributed by atoms with Crippen molar-refractivity contribution < 1.29 is 4.74 Å². The smallest absolute Gasteiger partial charge is 0.158 e. The molecule has 0 aromatic carbocycles. The summed E-state index contributed by atoms with van der Waals surface area (Å²) in [5.74, 6) is 0.882. The Balaban J connectivity index is 2.25. The molecule has 4 heteroatoms. The third-order valence-electron chi connectivity index (χ3n) is 2.15. The van der Waals surface area contributed by atoms with Crippen LogP contribution >= 0.6 is 0 Å². The Hall–Kier alpha value is -1.68. The molecule has 2 rings (SSSR count). The summed E-state index contributed by atoms with van der Waals surface area (Å²) >= 11 is 0. The second-order valence-electron chi connectivity index (χ2n) is 3.15. The van der Waals surface area contributed by atoms with Gasteiger partial charge in [0, 0.05) is 32.2 Å². The Bertz CT molecular complexity index is 411. The molecule has 0 bridgehead atoms. The van der Waals surface area contributed by atoms with Gasteiger partial charge in [0.05, 0.1) is 6.61 Å². The summed E-state index contributed by atoms with van der Waals surface area (Å²) in [6.07, 6.45) is 5.48. The lowest BCUT2D eigenvalue weighted by atomic mass is 10.3. The van der Waals surface area contributed by atoms with Crippen LogP contribution in [0.15, 0.2) is 36.8 Å². The lowest BCUT2D eigenvalue weighted by molar-refractivity contribution is 0.187. The van der Waals surface area contributed by atoms with Crippen LogP contribution in [-0.2, 0) is 11.3 Å². The second-order valence-corrected chi connectivity index (χ2v) is 3.15. The Morgan fingerprint density at radius 2 is 2.20 bits per heavy atom. The van der Waals surface area contributed by atoms with Gasteiger partial charge in [-0.15, -0.1) is 0 Å². The van der Waals surface area contributed by atoms with Crippen LogP contribution in [0.25, 0.3) is 11.5 Å². The van der Waals surface area contributed by atoms with Crippen molar-refractivity contribution in [2.24, 2.45) is 0 Å². The molecule has 0 N–H and O–H groups in total. The van der Waals surface area contributed by atoms with Crippen LogP contribution < -0.4 is 0 Å². The summed E-state index contributed by atoms with van der Waals surface area (Å²) in [7, 11) is 1.69. The zero-order valence-corrected chi connectivity index (χ0v) is 8.63. The number of ether oxygens (including phenoxy) is 1.